The third kappa shape index (κ3) is 2.55. The highest BCUT2D eigenvalue weighted by atomic mass is 14.7. The van der Waals surface area contributed by atoms with E-state index >= 15 is 0 Å². The Kier molecular flexibility index (Phi) is 3.47. The number of fused-ring (bicyclic) bond motifs is 3. The first-order valence-corrected chi connectivity index (χ1v) is 8.11. The second-order valence-electron chi connectivity index (χ2n) is 5.87. The summed E-state index contributed by atoms with van der Waals surface area (Å²) in [5, 5.41) is 2.61. The normalized spacial score (nSPS) is 11.7. The molecule has 0 saturated carbocycles. The molecule has 0 radical (unpaired) electrons. The molecule has 23 heavy (non-hydrogen) atoms. The second-order valence-corrected chi connectivity index (χ2v) is 5.87. The predicted molar refractivity (Wildman–Crippen MR) is 101 cm³/mol. The van der Waals surface area contributed by atoms with Crippen LogP contribution < -0.4 is 0 Å². The first kappa shape index (κ1) is 13.8. The van der Waals surface area contributed by atoms with E-state index < -0.39 is 0 Å². The quantitative estimate of drug-likeness (QED) is 0.443. The van der Waals surface area contributed by atoms with E-state index in [9.17, 15) is 0 Å². The predicted octanol–water partition coefficient (Wildman–Crippen LogP) is 6.05. The van der Waals surface area contributed by atoms with Gasteiger partial charge in [0, 0.05) is 21.8 Å². The highest BCUT2D eigenvalue weighted by Gasteiger charge is 2.07. The van der Waals surface area contributed by atoms with E-state index in [1.807, 2.05) is 6.07 Å². The van der Waals surface area contributed by atoms with Crippen LogP contribution in [0, 0.1) is 0 Å². The van der Waals surface area contributed by atoms with Gasteiger partial charge in [0.1, 0.15) is 0 Å². The molecule has 112 valence electrons. The van der Waals surface area contributed by atoms with Crippen LogP contribution in [0.4, 0.5) is 0 Å². The maximum Gasteiger partial charge on any atom is 0.0497 e. The number of benzene rings is 3. The second kappa shape index (κ2) is 5.77. The molecule has 0 bridgehead atoms. The zero-order valence-electron chi connectivity index (χ0n) is 13.2. The summed E-state index contributed by atoms with van der Waals surface area (Å²) in [6, 6.07) is 23.6. The summed E-state index contributed by atoms with van der Waals surface area (Å²) in [5.41, 5.74) is 6.30. The van der Waals surface area contributed by atoms with Crippen molar-refractivity contribution in [3.05, 3.63) is 83.4 Å². The lowest BCUT2D eigenvalue weighted by atomic mass is 10.1. The molecule has 1 nitrogen and oxygen atoms in total. The molecule has 1 N–H and O–H groups in total. The van der Waals surface area contributed by atoms with Crippen molar-refractivity contribution in [1.82, 2.24) is 4.98 Å². The number of H-pyrrole nitrogens is 1. The van der Waals surface area contributed by atoms with Crippen LogP contribution in [-0.4, -0.2) is 4.98 Å². The molecule has 0 aliphatic carbocycles. The lowest BCUT2D eigenvalue weighted by Crippen LogP contribution is -1.80. The third-order valence-corrected chi connectivity index (χ3v) is 4.39. The van der Waals surface area contributed by atoms with Crippen molar-refractivity contribution in [2.75, 3.05) is 0 Å². The van der Waals surface area contributed by atoms with Crippen LogP contribution in [0.1, 0.15) is 23.6 Å². The minimum absolute atomic E-state index is 1.05. The van der Waals surface area contributed by atoms with Crippen molar-refractivity contribution < 1.29 is 0 Å². The van der Waals surface area contributed by atoms with Gasteiger partial charge in [-0.2, -0.15) is 0 Å². The molecule has 3 aromatic carbocycles. The number of aromatic nitrogens is 1. The van der Waals surface area contributed by atoms with Gasteiger partial charge in [-0.15, -0.1) is 0 Å². The number of rotatable bonds is 3. The fourth-order valence-electron chi connectivity index (χ4n) is 3.16. The Hall–Kier alpha value is -2.80. The molecule has 4 aromatic rings. The van der Waals surface area contributed by atoms with Crippen molar-refractivity contribution in [3.8, 4) is 0 Å². The van der Waals surface area contributed by atoms with E-state index in [2.05, 4.69) is 84.7 Å². The Labute approximate surface area is 136 Å². The fourth-order valence-corrected chi connectivity index (χ4v) is 3.16. The molecule has 0 atom stereocenters. The SMILES string of the molecule is CCc1cccc2c1[nH]c1ccc(C=Cc3ccccc3)cc12. The first-order valence-electron chi connectivity index (χ1n) is 8.11. The Balaban J connectivity index is 1.81. The van der Waals surface area contributed by atoms with Gasteiger partial charge in [0.25, 0.3) is 0 Å². The monoisotopic (exact) mass is 297 g/mol. The van der Waals surface area contributed by atoms with Crippen LogP contribution >= 0.6 is 0 Å². The number of nitrogens with one attached hydrogen (secondary N) is 1. The van der Waals surface area contributed by atoms with Crippen LogP contribution in [0.3, 0.4) is 0 Å². The van der Waals surface area contributed by atoms with Gasteiger partial charge >= 0.3 is 0 Å². The van der Waals surface area contributed by atoms with Crippen LogP contribution in [-0.2, 0) is 6.42 Å². The third-order valence-electron chi connectivity index (χ3n) is 4.39. The Morgan fingerprint density at radius 1 is 0.783 bits per heavy atom. The first-order chi connectivity index (χ1) is 11.3. The van der Waals surface area contributed by atoms with Crippen LogP contribution in [0.15, 0.2) is 66.7 Å². The smallest absolute Gasteiger partial charge is 0.0497 e. The number of hydrogen-bond acceptors (Lipinski definition) is 0. The average molecular weight is 297 g/mol. The van der Waals surface area contributed by atoms with Gasteiger partial charge in [-0.25, -0.2) is 0 Å². The molecular weight excluding hydrogens is 278 g/mol. The molecule has 1 heteroatoms. The summed E-state index contributed by atoms with van der Waals surface area (Å²) >= 11 is 0. The summed E-state index contributed by atoms with van der Waals surface area (Å²) < 4.78 is 0. The van der Waals surface area contributed by atoms with Crippen LogP contribution in [0.5, 0.6) is 0 Å². The molecule has 1 heterocycles. The minimum atomic E-state index is 1.05. The van der Waals surface area contributed by atoms with Gasteiger partial charge in [-0.1, -0.05) is 73.7 Å². The van der Waals surface area contributed by atoms with Crippen molar-refractivity contribution in [1.29, 1.82) is 0 Å². The van der Waals surface area contributed by atoms with Gasteiger partial charge in [0.2, 0.25) is 0 Å². The molecule has 4 rings (SSSR count). The number of para-hydroxylation sites is 1. The maximum atomic E-state index is 3.57. The van der Waals surface area contributed by atoms with Gasteiger partial charge < -0.3 is 4.98 Å². The van der Waals surface area contributed by atoms with E-state index in [0.717, 1.165) is 6.42 Å². The Morgan fingerprint density at radius 3 is 2.43 bits per heavy atom. The molecule has 0 amide bonds. The van der Waals surface area contributed by atoms with E-state index in [1.165, 1.54) is 38.5 Å². The lowest BCUT2D eigenvalue weighted by Gasteiger charge is -1.98. The fraction of sp³-hybridized carbons (Fsp3) is 0.0909. The summed E-state index contributed by atoms with van der Waals surface area (Å²) in [6.45, 7) is 2.20. The average Bonchev–Trinajstić information content (AvgIpc) is 2.99. The summed E-state index contributed by atoms with van der Waals surface area (Å²) in [4.78, 5) is 3.57. The standard InChI is InChI=1S/C22H19N/c1-2-18-9-6-10-19-20-15-17(13-14-21(20)23-22(18)19)12-11-16-7-4-3-5-8-16/h3-15,23H,2H2,1H3. The van der Waals surface area contributed by atoms with Crippen molar-refractivity contribution >= 4 is 34.0 Å². The van der Waals surface area contributed by atoms with E-state index in [0.29, 0.717) is 0 Å². The zero-order chi connectivity index (χ0) is 15.6. The number of hydrogen-bond donors (Lipinski definition) is 1. The van der Waals surface area contributed by atoms with Gasteiger partial charge in [-0.3, -0.25) is 0 Å². The zero-order valence-corrected chi connectivity index (χ0v) is 13.2. The molecule has 1 aromatic heterocycles. The Morgan fingerprint density at radius 2 is 1.61 bits per heavy atom. The van der Waals surface area contributed by atoms with Gasteiger partial charge in [0.15, 0.2) is 0 Å². The molecule has 0 fully saturated rings. The molecule has 0 aliphatic rings. The molecule has 0 unspecified atom stereocenters. The van der Waals surface area contributed by atoms with E-state index in [-0.39, 0.29) is 0 Å². The Bertz CT molecular complexity index is 991. The summed E-state index contributed by atoms with van der Waals surface area (Å²) in [5.74, 6) is 0. The number of aryl methyl sites for hydroxylation is 1. The van der Waals surface area contributed by atoms with Crippen molar-refractivity contribution in [3.63, 3.8) is 0 Å². The van der Waals surface area contributed by atoms with Gasteiger partial charge in [0.05, 0.1) is 0 Å². The van der Waals surface area contributed by atoms with Crippen molar-refractivity contribution in [2.24, 2.45) is 0 Å². The topological polar surface area (TPSA) is 15.8 Å². The van der Waals surface area contributed by atoms with Crippen LogP contribution in [0.2, 0.25) is 0 Å². The van der Waals surface area contributed by atoms with E-state index in [1.54, 1.807) is 0 Å². The van der Waals surface area contributed by atoms with Crippen molar-refractivity contribution in [2.45, 2.75) is 13.3 Å². The highest BCUT2D eigenvalue weighted by molar-refractivity contribution is 6.08. The number of aromatic amines is 1. The molecule has 0 spiro atoms. The minimum Gasteiger partial charge on any atom is -0.354 e. The lowest BCUT2D eigenvalue weighted by molar-refractivity contribution is 1.15. The highest BCUT2D eigenvalue weighted by Crippen LogP contribution is 2.29. The maximum absolute atomic E-state index is 3.57. The summed E-state index contributed by atoms with van der Waals surface area (Å²) in [7, 11) is 0. The molecular formula is C22H19N. The van der Waals surface area contributed by atoms with Crippen LogP contribution in [0.25, 0.3) is 34.0 Å². The molecule has 0 saturated heterocycles. The molecule has 0 aliphatic heterocycles. The van der Waals surface area contributed by atoms with E-state index in [4.69, 9.17) is 0 Å². The summed E-state index contributed by atoms with van der Waals surface area (Å²) in [6.07, 6.45) is 5.38. The largest absolute Gasteiger partial charge is 0.354 e. The van der Waals surface area contributed by atoms with Gasteiger partial charge in [-0.05, 0) is 35.2 Å².